The molecule has 0 bridgehead atoms. The average molecular weight is 281 g/mol. The fourth-order valence-corrected chi connectivity index (χ4v) is 4.49. The van der Waals surface area contributed by atoms with Gasteiger partial charge in [0.1, 0.15) is 0 Å². The fourth-order valence-electron chi connectivity index (χ4n) is 3.45. The molecule has 3 nitrogen and oxygen atoms in total. The summed E-state index contributed by atoms with van der Waals surface area (Å²) in [6.07, 6.45) is 7.78. The molecule has 0 aliphatic heterocycles. The summed E-state index contributed by atoms with van der Waals surface area (Å²) < 4.78 is 0. The number of nitrogens with one attached hydrogen (secondary N) is 1. The van der Waals surface area contributed by atoms with E-state index >= 15 is 0 Å². The van der Waals surface area contributed by atoms with E-state index in [0.29, 0.717) is 0 Å². The zero-order valence-corrected chi connectivity index (χ0v) is 13.2. The van der Waals surface area contributed by atoms with Crippen LogP contribution in [0.5, 0.6) is 0 Å². The van der Waals surface area contributed by atoms with Crippen molar-refractivity contribution in [2.45, 2.75) is 57.0 Å². The van der Waals surface area contributed by atoms with Gasteiger partial charge in [-0.15, -0.1) is 11.3 Å². The Kier molecular flexibility index (Phi) is 5.01. The maximum absolute atomic E-state index is 5.95. The number of hydrogen-bond acceptors (Lipinski definition) is 4. The van der Waals surface area contributed by atoms with Gasteiger partial charge in [0.25, 0.3) is 0 Å². The Labute approximate surface area is 121 Å². The van der Waals surface area contributed by atoms with Gasteiger partial charge in [-0.25, -0.2) is 0 Å². The minimum absolute atomic E-state index is 0.155. The van der Waals surface area contributed by atoms with Crippen LogP contribution in [0.15, 0.2) is 12.1 Å². The molecule has 108 valence electrons. The van der Waals surface area contributed by atoms with E-state index in [2.05, 4.69) is 43.5 Å². The first kappa shape index (κ1) is 15.0. The van der Waals surface area contributed by atoms with Crippen molar-refractivity contribution in [1.29, 1.82) is 0 Å². The summed E-state index contributed by atoms with van der Waals surface area (Å²) >= 11 is 1.87. The Morgan fingerprint density at radius 2 is 1.84 bits per heavy atom. The molecule has 0 radical (unpaired) electrons. The van der Waals surface area contributed by atoms with Crippen molar-refractivity contribution < 1.29 is 0 Å². The monoisotopic (exact) mass is 281 g/mol. The largest absolute Gasteiger partial charge is 0.302 e. The molecular weight excluding hydrogens is 254 g/mol. The summed E-state index contributed by atoms with van der Waals surface area (Å²) in [5.74, 6) is 5.95. The number of rotatable bonds is 4. The predicted octanol–water partition coefficient (Wildman–Crippen LogP) is 3.22. The van der Waals surface area contributed by atoms with Crippen molar-refractivity contribution in [1.82, 2.24) is 10.3 Å². The zero-order valence-electron chi connectivity index (χ0n) is 12.4. The lowest BCUT2D eigenvalue weighted by Gasteiger charge is -2.45. The third-order valence-corrected chi connectivity index (χ3v) is 5.68. The molecule has 1 unspecified atom stereocenters. The van der Waals surface area contributed by atoms with Crippen LogP contribution in [0.2, 0.25) is 0 Å². The second-order valence-corrected chi connectivity index (χ2v) is 7.28. The van der Waals surface area contributed by atoms with Crippen LogP contribution in [0.25, 0.3) is 0 Å². The highest BCUT2D eigenvalue weighted by atomic mass is 32.1. The normalized spacial score (nSPS) is 21.3. The summed E-state index contributed by atoms with van der Waals surface area (Å²) in [5, 5.41) is 0. The Bertz CT molecular complexity index is 392. The average Bonchev–Trinajstić information content (AvgIpc) is 2.66. The summed E-state index contributed by atoms with van der Waals surface area (Å²) in [6, 6.07) is 4.67. The molecule has 1 aliphatic rings. The zero-order chi connectivity index (χ0) is 13.9. The summed E-state index contributed by atoms with van der Waals surface area (Å²) in [4.78, 5) is 5.13. The number of hydrogen-bond donors (Lipinski definition) is 2. The maximum Gasteiger partial charge on any atom is 0.0736 e. The summed E-state index contributed by atoms with van der Waals surface area (Å²) in [7, 11) is 4.41. The van der Waals surface area contributed by atoms with Crippen molar-refractivity contribution in [3.05, 3.63) is 21.9 Å². The lowest BCUT2D eigenvalue weighted by atomic mass is 9.81. The van der Waals surface area contributed by atoms with Crippen molar-refractivity contribution in [2.24, 2.45) is 5.84 Å². The van der Waals surface area contributed by atoms with E-state index in [0.717, 1.165) is 0 Å². The second kappa shape index (κ2) is 6.35. The predicted molar refractivity (Wildman–Crippen MR) is 83.2 cm³/mol. The standard InChI is InChI=1S/C15H27N3S/c1-12-8-9-13(19-12)14(17-16)15(18(2)3)10-6-4-5-7-11-15/h8-9,14,17H,4-7,10-11,16H2,1-3H3. The van der Waals surface area contributed by atoms with Gasteiger partial charge in [0, 0.05) is 15.3 Å². The lowest BCUT2D eigenvalue weighted by Crippen LogP contribution is -2.54. The van der Waals surface area contributed by atoms with Crippen LogP contribution in [0.4, 0.5) is 0 Å². The van der Waals surface area contributed by atoms with E-state index in [1.54, 1.807) is 0 Å². The molecule has 1 aliphatic carbocycles. The van der Waals surface area contributed by atoms with E-state index in [9.17, 15) is 0 Å². The smallest absolute Gasteiger partial charge is 0.0736 e. The van der Waals surface area contributed by atoms with Gasteiger partial charge in [0.15, 0.2) is 0 Å². The van der Waals surface area contributed by atoms with E-state index in [1.165, 1.54) is 48.3 Å². The minimum Gasteiger partial charge on any atom is -0.302 e. The second-order valence-electron chi connectivity index (χ2n) is 5.96. The molecule has 0 saturated heterocycles. The van der Waals surface area contributed by atoms with Gasteiger partial charge in [-0.1, -0.05) is 25.7 Å². The fraction of sp³-hybridized carbons (Fsp3) is 0.733. The number of thiophene rings is 1. The molecule has 4 heteroatoms. The topological polar surface area (TPSA) is 41.3 Å². The Morgan fingerprint density at radius 3 is 2.26 bits per heavy atom. The van der Waals surface area contributed by atoms with Gasteiger partial charge in [0.05, 0.1) is 6.04 Å². The molecule has 0 amide bonds. The molecule has 1 heterocycles. The third kappa shape index (κ3) is 3.02. The highest BCUT2D eigenvalue weighted by molar-refractivity contribution is 7.12. The number of aryl methyl sites for hydroxylation is 1. The first-order valence-electron chi connectivity index (χ1n) is 7.30. The Hall–Kier alpha value is -0.420. The number of likely N-dealkylation sites (N-methyl/N-ethyl adjacent to an activating group) is 1. The van der Waals surface area contributed by atoms with Gasteiger partial charge >= 0.3 is 0 Å². The first-order chi connectivity index (χ1) is 9.10. The number of nitrogens with zero attached hydrogens (tertiary/aromatic N) is 1. The van der Waals surface area contributed by atoms with E-state index in [1.807, 2.05) is 11.3 Å². The SMILES string of the molecule is Cc1ccc(C(NN)C2(N(C)C)CCCCCC2)s1. The van der Waals surface area contributed by atoms with Crippen molar-refractivity contribution >= 4 is 11.3 Å². The van der Waals surface area contributed by atoms with E-state index in [4.69, 9.17) is 5.84 Å². The quantitative estimate of drug-likeness (QED) is 0.506. The summed E-state index contributed by atoms with van der Waals surface area (Å²) in [6.45, 7) is 2.16. The number of nitrogens with two attached hydrogens (primary N) is 1. The molecule has 0 spiro atoms. The molecule has 3 N–H and O–H groups in total. The van der Waals surface area contributed by atoms with Gasteiger partial charge in [-0.2, -0.15) is 0 Å². The van der Waals surface area contributed by atoms with Gasteiger partial charge in [0.2, 0.25) is 0 Å². The molecule has 1 aromatic rings. The van der Waals surface area contributed by atoms with E-state index in [-0.39, 0.29) is 11.6 Å². The third-order valence-electron chi connectivity index (χ3n) is 4.61. The molecule has 1 saturated carbocycles. The molecule has 1 aromatic heterocycles. The molecule has 1 atom stereocenters. The highest BCUT2D eigenvalue weighted by Gasteiger charge is 2.41. The van der Waals surface area contributed by atoms with Crippen molar-refractivity contribution in [3.63, 3.8) is 0 Å². The van der Waals surface area contributed by atoms with Crippen LogP contribution in [-0.4, -0.2) is 24.5 Å². The first-order valence-corrected chi connectivity index (χ1v) is 8.12. The molecule has 2 rings (SSSR count). The summed E-state index contributed by atoms with van der Waals surface area (Å²) in [5.41, 5.74) is 3.28. The van der Waals surface area contributed by atoms with Crippen LogP contribution in [0, 0.1) is 6.92 Å². The van der Waals surface area contributed by atoms with Gasteiger partial charge in [-0.05, 0) is 46.0 Å². The van der Waals surface area contributed by atoms with Crippen molar-refractivity contribution in [3.8, 4) is 0 Å². The molecular formula is C15H27N3S. The molecule has 0 aromatic carbocycles. The highest BCUT2D eigenvalue weighted by Crippen LogP contribution is 2.42. The Morgan fingerprint density at radius 1 is 1.21 bits per heavy atom. The van der Waals surface area contributed by atoms with Crippen molar-refractivity contribution in [2.75, 3.05) is 14.1 Å². The van der Waals surface area contributed by atoms with Gasteiger partial charge in [-0.3, -0.25) is 11.3 Å². The van der Waals surface area contributed by atoms with Crippen LogP contribution in [0.1, 0.15) is 54.3 Å². The lowest BCUT2D eigenvalue weighted by molar-refractivity contribution is 0.0815. The minimum atomic E-state index is 0.155. The molecule has 19 heavy (non-hydrogen) atoms. The van der Waals surface area contributed by atoms with E-state index < -0.39 is 0 Å². The van der Waals surface area contributed by atoms with Gasteiger partial charge < -0.3 is 4.90 Å². The van der Waals surface area contributed by atoms with Crippen LogP contribution < -0.4 is 11.3 Å². The van der Waals surface area contributed by atoms with Crippen LogP contribution in [0.3, 0.4) is 0 Å². The molecule has 1 fully saturated rings. The van der Waals surface area contributed by atoms with Crippen LogP contribution in [-0.2, 0) is 0 Å². The maximum atomic E-state index is 5.95. The number of hydrazine groups is 1. The Balaban J connectivity index is 2.34. The van der Waals surface area contributed by atoms with Crippen LogP contribution >= 0.6 is 11.3 Å².